The molecule has 1 saturated heterocycles. The van der Waals surface area contributed by atoms with E-state index in [0.717, 1.165) is 25.1 Å². The summed E-state index contributed by atoms with van der Waals surface area (Å²) >= 11 is 12.1. The van der Waals surface area contributed by atoms with Crippen LogP contribution in [0.5, 0.6) is 0 Å². The molecule has 1 aromatic carbocycles. The van der Waals surface area contributed by atoms with Crippen LogP contribution in [-0.4, -0.2) is 38.3 Å². The monoisotopic (exact) mass is 366 g/mol. The van der Waals surface area contributed by atoms with E-state index in [-0.39, 0.29) is 30.3 Å². The quantitative estimate of drug-likeness (QED) is 0.860. The lowest BCUT2D eigenvalue weighted by atomic mass is 9.91. The van der Waals surface area contributed by atoms with Crippen molar-refractivity contribution in [1.82, 2.24) is 10.6 Å². The molecule has 2 N–H and O–H groups in total. The van der Waals surface area contributed by atoms with E-state index in [4.69, 9.17) is 27.9 Å². The molecule has 22 heavy (non-hydrogen) atoms. The second-order valence-electron chi connectivity index (χ2n) is 5.17. The molecule has 124 valence electrons. The van der Waals surface area contributed by atoms with Crippen molar-refractivity contribution in [2.75, 3.05) is 26.2 Å². The van der Waals surface area contributed by atoms with Crippen LogP contribution in [0.1, 0.15) is 24.8 Å². The van der Waals surface area contributed by atoms with E-state index in [0.29, 0.717) is 23.2 Å². The van der Waals surface area contributed by atoms with Crippen LogP contribution >= 0.6 is 35.6 Å². The fourth-order valence-electron chi connectivity index (χ4n) is 2.54. The van der Waals surface area contributed by atoms with Gasteiger partial charge in [-0.2, -0.15) is 0 Å². The molecular formula is C15H21Cl3N2O2. The lowest BCUT2D eigenvalue weighted by molar-refractivity contribution is -0.119. The van der Waals surface area contributed by atoms with Gasteiger partial charge in [0.2, 0.25) is 5.91 Å². The molecule has 2 rings (SSSR count). The van der Waals surface area contributed by atoms with Gasteiger partial charge in [-0.25, -0.2) is 0 Å². The predicted octanol–water partition coefficient (Wildman–Crippen LogP) is 3.01. The highest BCUT2D eigenvalue weighted by atomic mass is 35.5. The third kappa shape index (κ3) is 5.60. The standard InChI is InChI=1S/C15H20Cl2N2O2.ClH/c1-10(20)19-5-4-15-12(9-18-6-7-21-15)11-2-3-13(16)14(17)8-11;/h2-3,8,12,15,18H,4-7,9H2,1H3,(H,19,20);1H/t12-,15-;/m0./s1. The van der Waals surface area contributed by atoms with Crippen LogP contribution in [0.15, 0.2) is 18.2 Å². The molecule has 1 aliphatic heterocycles. The minimum absolute atomic E-state index is 0. The molecule has 1 fully saturated rings. The second kappa shape index (κ2) is 9.58. The summed E-state index contributed by atoms with van der Waals surface area (Å²) in [6, 6.07) is 5.70. The van der Waals surface area contributed by atoms with E-state index < -0.39 is 0 Å². The molecule has 0 bridgehead atoms. The summed E-state index contributed by atoms with van der Waals surface area (Å²) in [4.78, 5) is 11.0. The number of halogens is 3. The minimum Gasteiger partial charge on any atom is -0.376 e. The van der Waals surface area contributed by atoms with Crippen LogP contribution < -0.4 is 10.6 Å². The van der Waals surface area contributed by atoms with Crippen molar-refractivity contribution in [2.24, 2.45) is 0 Å². The van der Waals surface area contributed by atoms with Crippen molar-refractivity contribution in [2.45, 2.75) is 25.4 Å². The number of ether oxygens (including phenoxy) is 1. The molecule has 2 atom stereocenters. The Labute approximate surface area is 147 Å². The number of hydrogen-bond acceptors (Lipinski definition) is 3. The SMILES string of the molecule is CC(=O)NCC[C@@H]1OCCNC[C@H]1c1ccc(Cl)c(Cl)c1.Cl. The molecule has 0 aromatic heterocycles. The van der Waals surface area contributed by atoms with Crippen molar-refractivity contribution in [3.05, 3.63) is 33.8 Å². The maximum absolute atomic E-state index is 11.0. The van der Waals surface area contributed by atoms with E-state index >= 15 is 0 Å². The zero-order valence-corrected chi connectivity index (χ0v) is 14.7. The van der Waals surface area contributed by atoms with Crippen molar-refractivity contribution < 1.29 is 9.53 Å². The van der Waals surface area contributed by atoms with Gasteiger partial charge < -0.3 is 15.4 Å². The largest absolute Gasteiger partial charge is 0.376 e. The van der Waals surface area contributed by atoms with E-state index in [1.54, 1.807) is 0 Å². The van der Waals surface area contributed by atoms with Gasteiger partial charge in [0.1, 0.15) is 0 Å². The van der Waals surface area contributed by atoms with Gasteiger partial charge in [0, 0.05) is 32.5 Å². The minimum atomic E-state index is -0.0205. The highest BCUT2D eigenvalue weighted by Crippen LogP contribution is 2.30. The summed E-state index contributed by atoms with van der Waals surface area (Å²) < 4.78 is 5.93. The molecule has 0 spiro atoms. The summed E-state index contributed by atoms with van der Waals surface area (Å²) in [5, 5.41) is 7.30. The van der Waals surface area contributed by atoms with Crippen LogP contribution in [0.2, 0.25) is 10.0 Å². The van der Waals surface area contributed by atoms with E-state index in [9.17, 15) is 4.79 Å². The topological polar surface area (TPSA) is 50.4 Å². The van der Waals surface area contributed by atoms with Gasteiger partial charge >= 0.3 is 0 Å². The van der Waals surface area contributed by atoms with Crippen LogP contribution in [0, 0.1) is 0 Å². The normalized spacial score (nSPS) is 21.6. The predicted molar refractivity (Wildman–Crippen MR) is 92.4 cm³/mol. The molecule has 0 aliphatic carbocycles. The third-order valence-electron chi connectivity index (χ3n) is 3.60. The number of carbonyl (C=O) groups excluding carboxylic acids is 1. The summed E-state index contributed by atoms with van der Waals surface area (Å²) in [6.45, 7) is 4.45. The highest BCUT2D eigenvalue weighted by molar-refractivity contribution is 6.42. The Bertz CT molecular complexity index is 500. The molecule has 4 nitrogen and oxygen atoms in total. The Morgan fingerprint density at radius 1 is 1.41 bits per heavy atom. The Balaban J connectivity index is 0.00000242. The zero-order valence-electron chi connectivity index (χ0n) is 12.4. The fraction of sp³-hybridized carbons (Fsp3) is 0.533. The summed E-state index contributed by atoms with van der Waals surface area (Å²) in [7, 11) is 0. The van der Waals surface area contributed by atoms with Gasteiger partial charge in [-0.1, -0.05) is 29.3 Å². The van der Waals surface area contributed by atoms with Crippen LogP contribution in [0.3, 0.4) is 0 Å². The molecular weight excluding hydrogens is 347 g/mol. The van der Waals surface area contributed by atoms with Gasteiger partial charge in [-0.3, -0.25) is 4.79 Å². The number of benzene rings is 1. The third-order valence-corrected chi connectivity index (χ3v) is 4.34. The van der Waals surface area contributed by atoms with E-state index in [1.165, 1.54) is 6.92 Å². The lowest BCUT2D eigenvalue weighted by Gasteiger charge is -2.25. The average Bonchev–Trinajstić information content (AvgIpc) is 2.67. The van der Waals surface area contributed by atoms with Crippen LogP contribution in [-0.2, 0) is 9.53 Å². The first-order chi connectivity index (χ1) is 10.1. The van der Waals surface area contributed by atoms with Gasteiger partial charge in [0.25, 0.3) is 0 Å². The van der Waals surface area contributed by atoms with E-state index in [1.807, 2.05) is 18.2 Å². The van der Waals surface area contributed by atoms with Gasteiger partial charge in [0.05, 0.1) is 22.8 Å². The summed E-state index contributed by atoms with van der Waals surface area (Å²) in [5.74, 6) is 0.170. The number of rotatable bonds is 4. The van der Waals surface area contributed by atoms with Crippen molar-refractivity contribution in [1.29, 1.82) is 0 Å². The van der Waals surface area contributed by atoms with Gasteiger partial charge in [-0.05, 0) is 24.1 Å². The Hall–Kier alpha value is -0.520. The number of amides is 1. The molecule has 0 saturated carbocycles. The Kier molecular flexibility index (Phi) is 8.50. The first-order valence-electron chi connectivity index (χ1n) is 7.09. The smallest absolute Gasteiger partial charge is 0.216 e. The maximum Gasteiger partial charge on any atom is 0.216 e. The van der Waals surface area contributed by atoms with Crippen molar-refractivity contribution >= 4 is 41.5 Å². The molecule has 1 amide bonds. The van der Waals surface area contributed by atoms with Gasteiger partial charge in [-0.15, -0.1) is 12.4 Å². The highest BCUT2D eigenvalue weighted by Gasteiger charge is 2.26. The average molecular weight is 368 g/mol. The van der Waals surface area contributed by atoms with Crippen molar-refractivity contribution in [3.63, 3.8) is 0 Å². The fourth-order valence-corrected chi connectivity index (χ4v) is 2.84. The first kappa shape index (κ1) is 19.5. The number of nitrogens with one attached hydrogen (secondary N) is 2. The van der Waals surface area contributed by atoms with Crippen molar-refractivity contribution in [3.8, 4) is 0 Å². The molecule has 7 heteroatoms. The Morgan fingerprint density at radius 2 is 2.18 bits per heavy atom. The van der Waals surface area contributed by atoms with Crippen LogP contribution in [0.25, 0.3) is 0 Å². The second-order valence-corrected chi connectivity index (χ2v) is 5.98. The molecule has 1 aromatic rings. The molecule has 0 unspecified atom stereocenters. The zero-order chi connectivity index (χ0) is 15.2. The maximum atomic E-state index is 11.0. The molecule has 0 radical (unpaired) electrons. The first-order valence-corrected chi connectivity index (χ1v) is 7.85. The summed E-state index contributed by atoms with van der Waals surface area (Å²) in [6.07, 6.45) is 0.815. The lowest BCUT2D eigenvalue weighted by Crippen LogP contribution is -2.31. The van der Waals surface area contributed by atoms with Crippen LogP contribution in [0.4, 0.5) is 0 Å². The van der Waals surface area contributed by atoms with E-state index in [2.05, 4.69) is 10.6 Å². The number of carbonyl (C=O) groups is 1. The van der Waals surface area contributed by atoms with Gasteiger partial charge in [0.15, 0.2) is 0 Å². The molecule has 1 aliphatic rings. The summed E-state index contributed by atoms with van der Waals surface area (Å²) in [5.41, 5.74) is 1.10. The number of hydrogen-bond donors (Lipinski definition) is 2. The molecule has 1 heterocycles. The Morgan fingerprint density at radius 3 is 2.86 bits per heavy atom.